The number of anilines is 2. The third-order valence-corrected chi connectivity index (χ3v) is 4.72. The van der Waals surface area contributed by atoms with Gasteiger partial charge in [-0.05, 0) is 42.3 Å². The van der Waals surface area contributed by atoms with Gasteiger partial charge in [0.25, 0.3) is 0 Å². The van der Waals surface area contributed by atoms with Crippen molar-refractivity contribution in [2.45, 2.75) is 19.8 Å². The van der Waals surface area contributed by atoms with Crippen LogP contribution in [0, 0.1) is 5.92 Å². The molecule has 2 aromatic rings. The van der Waals surface area contributed by atoms with Crippen LogP contribution in [-0.4, -0.2) is 18.4 Å². The van der Waals surface area contributed by atoms with Crippen LogP contribution in [0.4, 0.5) is 11.4 Å². The van der Waals surface area contributed by atoms with Crippen molar-refractivity contribution in [3.05, 3.63) is 58.1 Å². The van der Waals surface area contributed by atoms with Crippen LogP contribution in [0.2, 0.25) is 10.0 Å². The lowest BCUT2D eigenvalue weighted by Gasteiger charge is -2.17. The summed E-state index contributed by atoms with van der Waals surface area (Å²) in [7, 11) is 0. The summed E-state index contributed by atoms with van der Waals surface area (Å²) in [5.41, 5.74) is 2.56. The van der Waals surface area contributed by atoms with E-state index in [1.54, 1.807) is 23.1 Å². The zero-order valence-electron chi connectivity index (χ0n) is 13.8. The normalized spacial score (nSPS) is 17.0. The Hall–Kier alpha value is -2.04. The van der Waals surface area contributed by atoms with Gasteiger partial charge in [0.15, 0.2) is 0 Å². The van der Waals surface area contributed by atoms with Crippen LogP contribution in [0.3, 0.4) is 0 Å². The Kier molecular flexibility index (Phi) is 5.30. The summed E-state index contributed by atoms with van der Waals surface area (Å²) in [6.07, 6.45) is 1.14. The molecule has 0 radical (unpaired) electrons. The van der Waals surface area contributed by atoms with Gasteiger partial charge in [-0.3, -0.25) is 9.59 Å². The first kappa shape index (κ1) is 17.8. The van der Waals surface area contributed by atoms with E-state index >= 15 is 0 Å². The highest BCUT2D eigenvalue weighted by molar-refractivity contribution is 6.35. The Labute approximate surface area is 156 Å². The van der Waals surface area contributed by atoms with Crippen LogP contribution in [0.5, 0.6) is 0 Å². The molecule has 1 unspecified atom stereocenters. The average Bonchev–Trinajstić information content (AvgIpc) is 2.96. The van der Waals surface area contributed by atoms with Crippen LogP contribution < -0.4 is 10.2 Å². The number of aryl methyl sites for hydroxylation is 1. The maximum absolute atomic E-state index is 12.5. The zero-order chi connectivity index (χ0) is 18.0. The van der Waals surface area contributed by atoms with Crippen molar-refractivity contribution >= 4 is 46.4 Å². The molecule has 1 heterocycles. The molecule has 3 rings (SSSR count). The van der Waals surface area contributed by atoms with Gasteiger partial charge in [-0.15, -0.1) is 0 Å². The van der Waals surface area contributed by atoms with Crippen molar-refractivity contribution in [1.29, 1.82) is 0 Å². The van der Waals surface area contributed by atoms with Crippen LogP contribution in [-0.2, 0) is 16.0 Å². The number of benzene rings is 2. The summed E-state index contributed by atoms with van der Waals surface area (Å²) in [4.78, 5) is 26.5. The molecule has 0 spiro atoms. The molecular formula is C19H18Cl2N2O2. The van der Waals surface area contributed by atoms with Crippen molar-refractivity contribution in [2.75, 3.05) is 16.8 Å². The second kappa shape index (κ2) is 7.46. The number of nitrogens with one attached hydrogen (secondary N) is 1. The summed E-state index contributed by atoms with van der Waals surface area (Å²) in [6.45, 7) is 2.45. The molecule has 2 amide bonds. The summed E-state index contributed by atoms with van der Waals surface area (Å²) in [5.74, 6) is -0.663. The lowest BCUT2D eigenvalue weighted by molar-refractivity contribution is -0.122. The highest BCUT2D eigenvalue weighted by Crippen LogP contribution is 2.28. The minimum Gasteiger partial charge on any atom is -0.326 e. The summed E-state index contributed by atoms with van der Waals surface area (Å²) in [5, 5.41) is 3.68. The quantitative estimate of drug-likeness (QED) is 0.850. The highest BCUT2D eigenvalue weighted by atomic mass is 35.5. The van der Waals surface area contributed by atoms with Gasteiger partial charge in [0.05, 0.1) is 5.92 Å². The fraction of sp³-hybridized carbons (Fsp3) is 0.263. The first-order valence-electron chi connectivity index (χ1n) is 8.12. The largest absolute Gasteiger partial charge is 0.326 e. The van der Waals surface area contributed by atoms with Gasteiger partial charge in [0.2, 0.25) is 11.8 Å². The summed E-state index contributed by atoms with van der Waals surface area (Å²) in [6, 6.07) is 12.7. The Morgan fingerprint density at radius 1 is 1.16 bits per heavy atom. The first-order chi connectivity index (χ1) is 12.0. The van der Waals surface area contributed by atoms with Crippen LogP contribution in [0.1, 0.15) is 18.9 Å². The number of nitrogens with zero attached hydrogens (tertiary/aromatic N) is 1. The molecule has 0 aliphatic carbocycles. The fourth-order valence-electron chi connectivity index (χ4n) is 2.91. The molecule has 0 aromatic heterocycles. The van der Waals surface area contributed by atoms with Gasteiger partial charge in [-0.25, -0.2) is 0 Å². The van der Waals surface area contributed by atoms with Gasteiger partial charge in [0, 0.05) is 34.4 Å². The molecule has 25 heavy (non-hydrogen) atoms. The Morgan fingerprint density at radius 3 is 2.40 bits per heavy atom. The lowest BCUT2D eigenvalue weighted by Crippen LogP contribution is -2.28. The molecule has 1 N–H and O–H groups in total. The van der Waals surface area contributed by atoms with Crippen molar-refractivity contribution in [1.82, 2.24) is 0 Å². The van der Waals surface area contributed by atoms with E-state index < -0.39 is 5.92 Å². The second-order valence-electron chi connectivity index (χ2n) is 6.07. The highest BCUT2D eigenvalue weighted by Gasteiger charge is 2.35. The van der Waals surface area contributed by atoms with E-state index in [1.807, 2.05) is 24.3 Å². The maximum atomic E-state index is 12.5. The monoisotopic (exact) mass is 376 g/mol. The predicted molar refractivity (Wildman–Crippen MR) is 101 cm³/mol. The molecule has 1 fully saturated rings. The van der Waals surface area contributed by atoms with Gasteiger partial charge in [-0.1, -0.05) is 42.3 Å². The van der Waals surface area contributed by atoms with Crippen molar-refractivity contribution in [3.8, 4) is 0 Å². The topological polar surface area (TPSA) is 49.4 Å². The Balaban J connectivity index is 1.69. The lowest BCUT2D eigenvalue weighted by atomic mass is 10.1. The molecule has 1 aliphatic rings. The van der Waals surface area contributed by atoms with E-state index in [0.717, 1.165) is 12.1 Å². The number of rotatable bonds is 4. The van der Waals surface area contributed by atoms with E-state index in [4.69, 9.17) is 23.2 Å². The number of hydrogen-bond donors (Lipinski definition) is 1. The number of amides is 2. The molecule has 2 aromatic carbocycles. The summed E-state index contributed by atoms with van der Waals surface area (Å²) >= 11 is 11.9. The smallest absolute Gasteiger partial charge is 0.229 e. The molecule has 1 aliphatic heterocycles. The third-order valence-electron chi connectivity index (χ3n) is 4.28. The molecular weight excluding hydrogens is 359 g/mol. The zero-order valence-corrected chi connectivity index (χ0v) is 15.3. The van der Waals surface area contributed by atoms with Gasteiger partial charge in [0.1, 0.15) is 0 Å². The first-order valence-corrected chi connectivity index (χ1v) is 8.88. The number of carbonyl (C=O) groups excluding carboxylic acids is 2. The SMILES string of the molecule is CCc1ccc(N2CC(C(=O)Nc3cc(Cl)cc(Cl)c3)CC2=O)cc1. The molecule has 130 valence electrons. The van der Waals surface area contributed by atoms with Gasteiger partial charge in [-0.2, -0.15) is 0 Å². The Morgan fingerprint density at radius 2 is 1.80 bits per heavy atom. The van der Waals surface area contributed by atoms with Crippen molar-refractivity contribution in [3.63, 3.8) is 0 Å². The van der Waals surface area contributed by atoms with E-state index in [1.165, 1.54) is 5.56 Å². The number of halogens is 2. The molecule has 0 bridgehead atoms. The summed E-state index contributed by atoms with van der Waals surface area (Å²) < 4.78 is 0. The second-order valence-corrected chi connectivity index (χ2v) is 6.95. The van der Waals surface area contributed by atoms with Crippen molar-refractivity contribution < 1.29 is 9.59 Å². The molecule has 6 heteroatoms. The van der Waals surface area contributed by atoms with Crippen molar-refractivity contribution in [2.24, 2.45) is 5.92 Å². The van der Waals surface area contributed by atoms with E-state index in [0.29, 0.717) is 22.3 Å². The third kappa shape index (κ3) is 4.14. The molecule has 0 saturated carbocycles. The predicted octanol–water partition coefficient (Wildman–Crippen LogP) is 4.55. The molecule has 1 atom stereocenters. The fourth-order valence-corrected chi connectivity index (χ4v) is 3.44. The van der Waals surface area contributed by atoms with Crippen LogP contribution >= 0.6 is 23.2 Å². The van der Waals surface area contributed by atoms with Crippen LogP contribution in [0.15, 0.2) is 42.5 Å². The minimum atomic E-state index is -0.406. The molecule has 1 saturated heterocycles. The molecule has 4 nitrogen and oxygen atoms in total. The Bertz CT molecular complexity index is 785. The van der Waals surface area contributed by atoms with E-state index in [2.05, 4.69) is 12.2 Å². The standard InChI is InChI=1S/C19H18Cl2N2O2/c1-2-12-3-5-17(6-4-12)23-11-13(7-18(23)24)19(25)22-16-9-14(20)8-15(21)10-16/h3-6,8-10,13H,2,7,11H2,1H3,(H,22,25). The van der Waals surface area contributed by atoms with E-state index in [-0.39, 0.29) is 18.2 Å². The van der Waals surface area contributed by atoms with Crippen LogP contribution in [0.25, 0.3) is 0 Å². The van der Waals surface area contributed by atoms with Gasteiger partial charge < -0.3 is 10.2 Å². The van der Waals surface area contributed by atoms with E-state index in [9.17, 15) is 9.59 Å². The number of carbonyl (C=O) groups is 2. The average molecular weight is 377 g/mol. The van der Waals surface area contributed by atoms with Gasteiger partial charge >= 0.3 is 0 Å². The maximum Gasteiger partial charge on any atom is 0.229 e. The minimum absolute atomic E-state index is 0.0477. The number of hydrogen-bond acceptors (Lipinski definition) is 2.